The molecule has 0 aliphatic heterocycles. The van der Waals surface area contributed by atoms with E-state index < -0.39 is 42.9 Å². The average molecular weight is 688 g/mol. The van der Waals surface area contributed by atoms with Gasteiger partial charge in [-0.2, -0.15) is 0 Å². The van der Waals surface area contributed by atoms with E-state index in [1.54, 1.807) is 20.8 Å². The molecule has 8 heteroatoms. The Balaban J connectivity index is 1.27. The zero-order chi connectivity index (χ0) is 35.7. The van der Waals surface area contributed by atoms with Crippen LogP contribution in [-0.2, 0) is 25.7 Å². The third-order valence-electron chi connectivity index (χ3n) is 8.19. The second-order valence-electron chi connectivity index (χ2n) is 13.1. The molecular weight excluding hydrogens is 643 g/mol. The van der Waals surface area contributed by atoms with Gasteiger partial charge in [-0.05, 0) is 99.8 Å². The van der Waals surface area contributed by atoms with Gasteiger partial charge in [0.1, 0.15) is 52.8 Å². The first-order valence-corrected chi connectivity index (χ1v) is 18.5. The summed E-state index contributed by atoms with van der Waals surface area (Å²) in [6, 6.07) is 47.3. The Morgan fingerprint density at radius 1 is 0.580 bits per heavy atom. The van der Waals surface area contributed by atoms with Gasteiger partial charge in [0.2, 0.25) is 5.91 Å². The Morgan fingerprint density at radius 2 is 1.00 bits per heavy atom. The molecule has 0 aromatic heterocycles. The molecule has 0 aliphatic rings. The lowest BCUT2D eigenvalue weighted by Gasteiger charge is -2.27. The first-order chi connectivity index (χ1) is 24.0. The van der Waals surface area contributed by atoms with E-state index >= 15 is 0 Å². The van der Waals surface area contributed by atoms with Crippen molar-refractivity contribution < 1.29 is 23.9 Å². The van der Waals surface area contributed by atoms with E-state index in [-0.39, 0.29) is 6.61 Å². The zero-order valence-corrected chi connectivity index (χ0v) is 30.0. The highest BCUT2D eigenvalue weighted by Crippen LogP contribution is 2.54. The molecular formula is C42H44N2O5P+. The van der Waals surface area contributed by atoms with Crippen molar-refractivity contribution in [2.24, 2.45) is 0 Å². The molecule has 5 rings (SSSR count). The molecule has 5 aromatic carbocycles. The Hall–Kier alpha value is -5.26. The highest BCUT2D eigenvalue weighted by Gasteiger charge is 2.47. The number of esters is 1. The first kappa shape index (κ1) is 36.0. The van der Waals surface area contributed by atoms with Crippen molar-refractivity contribution in [2.45, 2.75) is 58.9 Å². The van der Waals surface area contributed by atoms with E-state index in [0.717, 1.165) is 16.7 Å². The fraction of sp³-hybridized carbons (Fsp3) is 0.214. The summed E-state index contributed by atoms with van der Waals surface area (Å²) in [5, 5.41) is 10.2. The number of nitrogens with one attached hydrogen (secondary N) is 2. The van der Waals surface area contributed by atoms with E-state index in [0.29, 0.717) is 0 Å². The predicted octanol–water partition coefficient (Wildman–Crippen LogP) is 6.43. The topological polar surface area (TPSA) is 93.7 Å². The molecule has 5 aromatic rings. The maximum atomic E-state index is 12.6. The van der Waals surface area contributed by atoms with Crippen LogP contribution in [0, 0.1) is 0 Å². The molecule has 0 radical (unpaired) electrons. The van der Waals surface area contributed by atoms with E-state index in [9.17, 15) is 14.4 Å². The summed E-state index contributed by atoms with van der Waals surface area (Å²) in [6.45, 7) is 8.31. The summed E-state index contributed by atoms with van der Waals surface area (Å²) in [7, 11) is -2.18. The van der Waals surface area contributed by atoms with Gasteiger partial charge in [-0.25, -0.2) is 9.59 Å². The molecule has 7 nitrogen and oxygen atoms in total. The van der Waals surface area contributed by atoms with Crippen LogP contribution in [0.2, 0.25) is 0 Å². The van der Waals surface area contributed by atoms with Crippen molar-refractivity contribution >= 4 is 46.5 Å². The number of alkyl carbamates (subject to hydrolysis) is 1. The smallest absolute Gasteiger partial charge is 0.408 e. The van der Waals surface area contributed by atoms with Gasteiger partial charge in [0.25, 0.3) is 0 Å². The summed E-state index contributed by atoms with van der Waals surface area (Å²) < 4.78 is 10.7. The minimum Gasteiger partial charge on any atom is -0.459 e. The lowest BCUT2D eigenvalue weighted by Crippen LogP contribution is -2.50. The minimum atomic E-state index is -2.18. The fourth-order valence-corrected chi connectivity index (χ4v) is 9.99. The summed E-state index contributed by atoms with van der Waals surface area (Å²) in [4.78, 5) is 37.1. The van der Waals surface area contributed by atoms with Crippen LogP contribution in [0.25, 0.3) is 11.1 Å². The van der Waals surface area contributed by atoms with Crippen LogP contribution < -0.4 is 31.9 Å². The number of rotatable bonds is 11. The molecule has 0 spiro atoms. The summed E-state index contributed by atoms with van der Waals surface area (Å²) in [6.07, 6.45) is -0.712. The van der Waals surface area contributed by atoms with Crippen molar-refractivity contribution in [1.82, 2.24) is 10.6 Å². The molecule has 0 aliphatic carbocycles. The lowest BCUT2D eigenvalue weighted by molar-refractivity contribution is -0.148. The van der Waals surface area contributed by atoms with Crippen molar-refractivity contribution in [1.29, 1.82) is 0 Å². The number of hydrogen-bond acceptors (Lipinski definition) is 5. The van der Waals surface area contributed by atoms with Crippen molar-refractivity contribution in [2.75, 3.05) is 0 Å². The molecule has 0 fully saturated rings. The van der Waals surface area contributed by atoms with Crippen molar-refractivity contribution in [3.63, 3.8) is 0 Å². The van der Waals surface area contributed by atoms with Crippen LogP contribution in [-0.4, -0.2) is 35.7 Å². The molecule has 0 heterocycles. The van der Waals surface area contributed by atoms with Gasteiger partial charge >= 0.3 is 12.1 Å². The fourth-order valence-electron chi connectivity index (χ4n) is 5.75. The number of carbonyl (C=O) groups is 3. The van der Waals surface area contributed by atoms with E-state index in [4.69, 9.17) is 9.47 Å². The maximum absolute atomic E-state index is 12.6. The van der Waals surface area contributed by atoms with Gasteiger partial charge < -0.3 is 20.1 Å². The van der Waals surface area contributed by atoms with Crippen LogP contribution in [0.1, 0.15) is 40.2 Å². The molecule has 2 N–H and O–H groups in total. The van der Waals surface area contributed by atoms with Crippen molar-refractivity contribution in [3.05, 3.63) is 145 Å². The first-order valence-electron chi connectivity index (χ1n) is 16.7. The Labute approximate surface area is 295 Å². The second kappa shape index (κ2) is 16.0. The monoisotopic (exact) mass is 687 g/mol. The zero-order valence-electron chi connectivity index (χ0n) is 29.1. The third-order valence-corrected chi connectivity index (χ3v) is 12.5. The Kier molecular flexibility index (Phi) is 11.5. The average Bonchev–Trinajstić information content (AvgIpc) is 3.12. The maximum Gasteiger partial charge on any atom is 0.408 e. The van der Waals surface area contributed by atoms with Gasteiger partial charge in [0, 0.05) is 0 Å². The van der Waals surface area contributed by atoms with Crippen LogP contribution in [0.15, 0.2) is 140 Å². The summed E-state index contributed by atoms with van der Waals surface area (Å²) in [5.41, 5.74) is 2.25. The molecule has 0 saturated carbocycles. The van der Waals surface area contributed by atoms with Crippen LogP contribution in [0.5, 0.6) is 0 Å². The van der Waals surface area contributed by atoms with Gasteiger partial charge in [0.05, 0.1) is 0 Å². The highest BCUT2D eigenvalue weighted by atomic mass is 31.2. The standard InChI is InChI=1S/C42H43N2O5P/c1-30(44-41(47)49-42(3,4)5)39(45)43-31(2)40(46)48-29-32-21-23-33(24-22-32)34-25-27-38(28-26-34)50(35-15-9-6-10-16-35,36-17-11-7-12-18-36)37-19-13-8-14-20-37/h6-28,30-31H,29H2,1-5H3,(H-,43,44,45,47)/p+1. The third kappa shape index (κ3) is 8.66. The van der Waals surface area contributed by atoms with Crippen molar-refractivity contribution in [3.8, 4) is 11.1 Å². The lowest BCUT2D eigenvalue weighted by atomic mass is 10.0. The molecule has 256 valence electrons. The van der Waals surface area contributed by atoms with Gasteiger partial charge in [-0.15, -0.1) is 0 Å². The normalized spacial score (nSPS) is 12.7. The number of amides is 2. The van der Waals surface area contributed by atoms with Gasteiger partial charge in [0.15, 0.2) is 0 Å². The molecule has 0 bridgehead atoms. The van der Waals surface area contributed by atoms with Crippen LogP contribution in [0.3, 0.4) is 0 Å². The molecule has 2 atom stereocenters. The highest BCUT2D eigenvalue weighted by molar-refractivity contribution is 8.01. The number of carbonyl (C=O) groups excluding carboxylic acids is 3. The quantitative estimate of drug-likeness (QED) is 0.123. The molecule has 2 amide bonds. The number of ether oxygens (including phenoxy) is 2. The Morgan fingerprint density at radius 3 is 1.44 bits per heavy atom. The number of benzene rings is 5. The molecule has 0 saturated heterocycles. The number of hydrogen-bond donors (Lipinski definition) is 2. The van der Waals surface area contributed by atoms with Crippen LogP contribution in [0.4, 0.5) is 4.79 Å². The van der Waals surface area contributed by atoms with E-state index in [1.165, 1.54) is 35.1 Å². The summed E-state index contributed by atoms with van der Waals surface area (Å²) in [5.74, 6) is -1.10. The van der Waals surface area contributed by atoms with E-state index in [1.807, 2.05) is 24.3 Å². The second-order valence-corrected chi connectivity index (χ2v) is 16.5. The molecule has 50 heavy (non-hydrogen) atoms. The van der Waals surface area contributed by atoms with Gasteiger partial charge in [-0.3, -0.25) is 4.79 Å². The van der Waals surface area contributed by atoms with E-state index in [2.05, 4.69) is 126 Å². The molecule has 2 unspecified atom stereocenters. The van der Waals surface area contributed by atoms with Crippen LogP contribution >= 0.6 is 7.26 Å². The minimum absolute atomic E-state index is 0.0577. The van der Waals surface area contributed by atoms with Gasteiger partial charge in [-0.1, -0.05) is 91.0 Å². The Bertz CT molecular complexity index is 1780. The summed E-state index contributed by atoms with van der Waals surface area (Å²) >= 11 is 0. The SMILES string of the molecule is CC(NC(=O)OC(C)(C)C)C(=O)NC(C)C(=O)OCc1ccc(-c2ccc([P+](c3ccccc3)(c3ccccc3)c3ccccc3)cc2)cc1. The predicted molar refractivity (Wildman–Crippen MR) is 203 cm³/mol. The largest absolute Gasteiger partial charge is 0.459 e.